The normalized spacial score (nSPS) is 10.3. The van der Waals surface area contributed by atoms with Gasteiger partial charge < -0.3 is 16.4 Å². The fourth-order valence-electron chi connectivity index (χ4n) is 2.62. The second kappa shape index (κ2) is 8.64. The van der Waals surface area contributed by atoms with Crippen molar-refractivity contribution in [1.29, 1.82) is 5.26 Å². The third-order valence-corrected chi connectivity index (χ3v) is 3.99. The Bertz CT molecular complexity index is 994. The average Bonchev–Trinajstić information content (AvgIpc) is 3.02. The van der Waals surface area contributed by atoms with E-state index in [-0.39, 0.29) is 23.2 Å². The van der Waals surface area contributed by atoms with E-state index >= 15 is 0 Å². The van der Waals surface area contributed by atoms with Crippen molar-refractivity contribution in [2.24, 2.45) is 0 Å². The minimum Gasteiger partial charge on any atom is -0.382 e. The van der Waals surface area contributed by atoms with E-state index in [1.807, 2.05) is 0 Å². The molecule has 0 bridgehead atoms. The number of nitrogen functional groups attached to an aromatic ring is 1. The van der Waals surface area contributed by atoms with Gasteiger partial charge in [0.05, 0.1) is 11.4 Å². The standard InChI is InChI=1S/C19H18FN7O/c20-13-3-5-15(6-4-13)27-18(22)16(12-21)17(26-27)2-1-9-24-19(28)25-14-7-10-23-11-8-14/h3-8,10-11H,1-2,9,22H2,(H2,23,24,25,28). The lowest BCUT2D eigenvalue weighted by molar-refractivity contribution is 0.252. The summed E-state index contributed by atoms with van der Waals surface area (Å²) in [7, 11) is 0. The van der Waals surface area contributed by atoms with E-state index in [1.54, 1.807) is 24.5 Å². The van der Waals surface area contributed by atoms with Gasteiger partial charge in [-0.2, -0.15) is 10.4 Å². The number of urea groups is 1. The van der Waals surface area contributed by atoms with Crippen LogP contribution in [-0.4, -0.2) is 27.3 Å². The quantitative estimate of drug-likeness (QED) is 0.568. The third kappa shape index (κ3) is 4.42. The van der Waals surface area contributed by atoms with Gasteiger partial charge in [-0.1, -0.05) is 0 Å². The molecule has 1 aromatic carbocycles. The third-order valence-electron chi connectivity index (χ3n) is 3.99. The van der Waals surface area contributed by atoms with Crippen molar-refractivity contribution in [1.82, 2.24) is 20.1 Å². The summed E-state index contributed by atoms with van der Waals surface area (Å²) in [4.78, 5) is 15.7. The van der Waals surface area contributed by atoms with Crippen molar-refractivity contribution in [3.8, 4) is 11.8 Å². The summed E-state index contributed by atoms with van der Waals surface area (Å²) in [6.07, 6.45) is 4.19. The summed E-state index contributed by atoms with van der Waals surface area (Å²) in [6.45, 7) is 0.394. The van der Waals surface area contributed by atoms with Gasteiger partial charge in [-0.15, -0.1) is 0 Å². The predicted molar refractivity (Wildman–Crippen MR) is 102 cm³/mol. The molecule has 28 heavy (non-hydrogen) atoms. The highest BCUT2D eigenvalue weighted by Gasteiger charge is 2.16. The SMILES string of the molecule is N#Cc1c(CCCNC(=O)Nc2ccncc2)nn(-c2ccc(F)cc2)c1N. The van der Waals surface area contributed by atoms with Gasteiger partial charge in [0.2, 0.25) is 0 Å². The number of aryl methyl sites for hydroxylation is 1. The van der Waals surface area contributed by atoms with Crippen LogP contribution in [0, 0.1) is 17.1 Å². The lowest BCUT2D eigenvalue weighted by Gasteiger charge is -2.06. The Balaban J connectivity index is 1.58. The summed E-state index contributed by atoms with van der Waals surface area (Å²) in [5, 5.41) is 19.2. The van der Waals surface area contributed by atoms with Gasteiger partial charge in [0.1, 0.15) is 23.3 Å². The second-order valence-electron chi connectivity index (χ2n) is 5.93. The van der Waals surface area contributed by atoms with Crippen LogP contribution in [0.5, 0.6) is 0 Å². The fourth-order valence-corrected chi connectivity index (χ4v) is 2.62. The van der Waals surface area contributed by atoms with Crippen molar-refractivity contribution in [3.63, 3.8) is 0 Å². The Morgan fingerprint density at radius 2 is 1.93 bits per heavy atom. The van der Waals surface area contributed by atoms with Crippen LogP contribution in [0.15, 0.2) is 48.8 Å². The number of carbonyl (C=O) groups is 1. The first-order valence-electron chi connectivity index (χ1n) is 8.57. The van der Waals surface area contributed by atoms with Crippen molar-refractivity contribution in [2.75, 3.05) is 17.6 Å². The van der Waals surface area contributed by atoms with Crippen LogP contribution in [0.25, 0.3) is 5.69 Å². The number of pyridine rings is 1. The molecule has 2 heterocycles. The van der Waals surface area contributed by atoms with Crippen molar-refractivity contribution < 1.29 is 9.18 Å². The molecule has 0 saturated carbocycles. The molecule has 3 rings (SSSR count). The molecule has 2 amide bonds. The number of nitrogens with one attached hydrogen (secondary N) is 2. The largest absolute Gasteiger partial charge is 0.382 e. The molecular formula is C19H18FN7O. The molecule has 0 aliphatic rings. The molecule has 142 valence electrons. The monoisotopic (exact) mass is 379 g/mol. The molecule has 0 radical (unpaired) electrons. The average molecular weight is 379 g/mol. The van der Waals surface area contributed by atoms with Gasteiger partial charge in [-0.05, 0) is 49.2 Å². The molecule has 0 aliphatic carbocycles. The van der Waals surface area contributed by atoms with Gasteiger partial charge in [-0.25, -0.2) is 13.9 Å². The maximum absolute atomic E-state index is 13.1. The number of halogens is 1. The topological polar surface area (TPSA) is 122 Å². The number of amides is 2. The Morgan fingerprint density at radius 1 is 1.21 bits per heavy atom. The van der Waals surface area contributed by atoms with Gasteiger partial charge in [0.25, 0.3) is 0 Å². The highest BCUT2D eigenvalue weighted by Crippen LogP contribution is 2.21. The van der Waals surface area contributed by atoms with Crippen LogP contribution in [0.2, 0.25) is 0 Å². The Kier molecular flexibility index (Phi) is 5.81. The number of anilines is 2. The number of aromatic nitrogens is 3. The molecule has 8 nitrogen and oxygen atoms in total. The molecule has 0 fully saturated rings. The molecule has 0 aliphatic heterocycles. The zero-order valence-corrected chi connectivity index (χ0v) is 14.9. The van der Waals surface area contributed by atoms with Crippen LogP contribution in [0.1, 0.15) is 17.7 Å². The molecule has 0 saturated heterocycles. The highest BCUT2D eigenvalue weighted by atomic mass is 19.1. The molecule has 0 atom stereocenters. The zero-order chi connectivity index (χ0) is 19.9. The summed E-state index contributed by atoms with van der Waals surface area (Å²) >= 11 is 0. The first-order chi connectivity index (χ1) is 13.6. The first kappa shape index (κ1) is 18.8. The van der Waals surface area contributed by atoms with E-state index < -0.39 is 0 Å². The van der Waals surface area contributed by atoms with Crippen molar-refractivity contribution >= 4 is 17.5 Å². The van der Waals surface area contributed by atoms with E-state index in [9.17, 15) is 14.4 Å². The molecule has 9 heteroatoms. The van der Waals surface area contributed by atoms with Gasteiger partial charge in [-0.3, -0.25) is 4.98 Å². The lowest BCUT2D eigenvalue weighted by atomic mass is 10.1. The number of nitrogens with zero attached hydrogens (tertiary/aromatic N) is 4. The van der Waals surface area contributed by atoms with Crippen molar-refractivity contribution in [3.05, 3.63) is 65.9 Å². The highest BCUT2D eigenvalue weighted by molar-refractivity contribution is 5.89. The maximum atomic E-state index is 13.1. The minimum absolute atomic E-state index is 0.201. The van der Waals surface area contributed by atoms with E-state index in [1.165, 1.54) is 28.9 Å². The number of nitriles is 1. The van der Waals surface area contributed by atoms with Crippen LogP contribution in [-0.2, 0) is 6.42 Å². The van der Waals surface area contributed by atoms with Crippen LogP contribution < -0.4 is 16.4 Å². The minimum atomic E-state index is -0.369. The number of rotatable bonds is 6. The number of nitrogens with two attached hydrogens (primary N) is 1. The Morgan fingerprint density at radius 3 is 2.61 bits per heavy atom. The molecule has 4 N–H and O–H groups in total. The van der Waals surface area contributed by atoms with Gasteiger partial charge in [0, 0.05) is 24.6 Å². The summed E-state index contributed by atoms with van der Waals surface area (Å²) in [5.41, 5.74) is 8.04. The molecule has 0 unspecified atom stereocenters. The maximum Gasteiger partial charge on any atom is 0.319 e. The number of benzene rings is 1. The molecular weight excluding hydrogens is 361 g/mol. The summed E-state index contributed by atoms with van der Waals surface area (Å²) in [5.74, 6) is -0.168. The second-order valence-corrected chi connectivity index (χ2v) is 5.93. The van der Waals surface area contributed by atoms with Gasteiger partial charge >= 0.3 is 6.03 Å². The van der Waals surface area contributed by atoms with E-state index in [0.29, 0.717) is 36.5 Å². The van der Waals surface area contributed by atoms with Crippen LogP contribution >= 0.6 is 0 Å². The zero-order valence-electron chi connectivity index (χ0n) is 14.9. The lowest BCUT2D eigenvalue weighted by Crippen LogP contribution is -2.29. The van der Waals surface area contributed by atoms with E-state index in [2.05, 4.69) is 26.8 Å². The molecule has 0 spiro atoms. The Hall–Kier alpha value is -3.93. The molecule has 2 aromatic heterocycles. The van der Waals surface area contributed by atoms with Crippen LogP contribution in [0.4, 0.5) is 20.7 Å². The van der Waals surface area contributed by atoms with Gasteiger partial charge in [0.15, 0.2) is 0 Å². The first-order valence-corrected chi connectivity index (χ1v) is 8.57. The summed E-state index contributed by atoms with van der Waals surface area (Å²) < 4.78 is 14.5. The van der Waals surface area contributed by atoms with E-state index in [0.717, 1.165) is 0 Å². The number of hydrogen-bond acceptors (Lipinski definition) is 5. The van der Waals surface area contributed by atoms with Crippen molar-refractivity contribution in [2.45, 2.75) is 12.8 Å². The fraction of sp³-hybridized carbons (Fsp3) is 0.158. The number of hydrogen-bond donors (Lipinski definition) is 3. The van der Waals surface area contributed by atoms with Crippen LogP contribution in [0.3, 0.4) is 0 Å². The molecule has 3 aromatic rings. The summed E-state index contributed by atoms with van der Waals surface area (Å²) in [6, 6.07) is 10.8. The van der Waals surface area contributed by atoms with E-state index in [4.69, 9.17) is 5.73 Å². The predicted octanol–water partition coefficient (Wildman–Crippen LogP) is 2.61. The number of carbonyl (C=O) groups excluding carboxylic acids is 1. The Labute approximate surface area is 160 Å². The smallest absolute Gasteiger partial charge is 0.319 e.